The number of amides is 3. The molecule has 0 aliphatic carbocycles. The van der Waals surface area contributed by atoms with Crippen LogP contribution in [0.15, 0.2) is 53.6 Å². The van der Waals surface area contributed by atoms with Gasteiger partial charge in [-0.3, -0.25) is 14.9 Å². The summed E-state index contributed by atoms with van der Waals surface area (Å²) in [4.78, 5) is 35.0. The normalized spacial score (nSPS) is 19.2. The lowest BCUT2D eigenvalue weighted by Crippen LogP contribution is -2.44. The predicted octanol–water partition coefficient (Wildman–Crippen LogP) is 2.58. The molecule has 1 aliphatic rings. The third-order valence-electron chi connectivity index (χ3n) is 4.51. The first-order chi connectivity index (χ1) is 13.3. The minimum Gasteiger partial charge on any atom is -0.502 e. The molecule has 3 amide bonds. The maximum Gasteiger partial charge on any atom is 0.346 e. The Bertz CT molecular complexity index is 960. The van der Waals surface area contributed by atoms with Crippen LogP contribution in [0.2, 0.25) is 0 Å². The fraction of sp³-hybridized carbons (Fsp3) is 0.211. The molecule has 3 rings (SSSR count). The highest BCUT2D eigenvalue weighted by molar-refractivity contribution is 6.07. The summed E-state index contributed by atoms with van der Waals surface area (Å²) < 4.78 is 0. The maximum atomic E-state index is 12.7. The zero-order valence-corrected chi connectivity index (χ0v) is 15.0. The summed E-state index contributed by atoms with van der Waals surface area (Å²) in [5, 5.41) is 27.6. The lowest BCUT2D eigenvalue weighted by atomic mass is 9.93. The van der Waals surface area contributed by atoms with E-state index < -0.39 is 33.8 Å². The second-order valence-corrected chi connectivity index (χ2v) is 6.61. The van der Waals surface area contributed by atoms with Crippen LogP contribution in [0.1, 0.15) is 24.5 Å². The Balaban J connectivity index is 1.74. The molecule has 0 unspecified atom stereocenters. The lowest BCUT2D eigenvalue weighted by molar-refractivity contribution is -0.385. The van der Waals surface area contributed by atoms with Crippen LogP contribution in [0.4, 0.5) is 10.5 Å². The average molecular weight is 382 g/mol. The van der Waals surface area contributed by atoms with Crippen LogP contribution in [0, 0.1) is 10.1 Å². The first-order valence-corrected chi connectivity index (χ1v) is 8.52. The monoisotopic (exact) mass is 382 g/mol. The van der Waals surface area contributed by atoms with Crippen molar-refractivity contribution in [2.75, 3.05) is 0 Å². The number of nitrogens with one attached hydrogen (secondary N) is 1. The molecule has 2 aromatic rings. The molecule has 0 bridgehead atoms. The Labute approximate surface area is 160 Å². The van der Waals surface area contributed by atoms with Crippen molar-refractivity contribution >= 4 is 23.8 Å². The van der Waals surface area contributed by atoms with Crippen LogP contribution in [-0.2, 0) is 11.2 Å². The second-order valence-electron chi connectivity index (χ2n) is 6.61. The van der Waals surface area contributed by atoms with Gasteiger partial charge in [0.25, 0.3) is 5.91 Å². The van der Waals surface area contributed by atoms with Crippen molar-refractivity contribution in [1.82, 2.24) is 10.3 Å². The number of rotatable bonds is 6. The Morgan fingerprint density at radius 3 is 2.64 bits per heavy atom. The van der Waals surface area contributed by atoms with Crippen LogP contribution in [-0.4, -0.2) is 38.7 Å². The van der Waals surface area contributed by atoms with Gasteiger partial charge >= 0.3 is 11.7 Å². The van der Waals surface area contributed by atoms with Gasteiger partial charge in [-0.05, 0) is 37.5 Å². The van der Waals surface area contributed by atoms with Crippen molar-refractivity contribution in [2.45, 2.75) is 25.3 Å². The predicted molar refractivity (Wildman–Crippen MR) is 101 cm³/mol. The van der Waals surface area contributed by atoms with Gasteiger partial charge in [-0.1, -0.05) is 30.3 Å². The Morgan fingerprint density at radius 1 is 1.25 bits per heavy atom. The molecule has 1 saturated heterocycles. The van der Waals surface area contributed by atoms with Crippen LogP contribution in [0.25, 0.3) is 0 Å². The molecular formula is C19H18N4O5. The highest BCUT2D eigenvalue weighted by atomic mass is 16.6. The van der Waals surface area contributed by atoms with E-state index in [4.69, 9.17) is 0 Å². The Kier molecular flexibility index (Phi) is 5.08. The molecule has 1 atom stereocenters. The SMILES string of the molecule is C[C@@]1(CCc2ccccc2)NC(=O)N(/N=C/c2ccc(O)c([N+](=O)[O-])c2)C1=O. The zero-order valence-electron chi connectivity index (χ0n) is 15.0. The minimum atomic E-state index is -1.09. The number of imide groups is 1. The topological polar surface area (TPSA) is 125 Å². The molecule has 0 saturated carbocycles. The molecule has 1 fully saturated rings. The number of hydrazone groups is 1. The molecule has 144 valence electrons. The molecular weight excluding hydrogens is 364 g/mol. The zero-order chi connectivity index (χ0) is 20.3. The number of phenols is 1. The maximum absolute atomic E-state index is 12.7. The van der Waals surface area contributed by atoms with E-state index in [1.54, 1.807) is 6.92 Å². The fourth-order valence-corrected chi connectivity index (χ4v) is 2.87. The van der Waals surface area contributed by atoms with Gasteiger partial charge in [-0.25, -0.2) is 4.79 Å². The van der Waals surface area contributed by atoms with Crippen molar-refractivity contribution in [3.63, 3.8) is 0 Å². The number of nitrogens with zero attached hydrogens (tertiary/aromatic N) is 3. The lowest BCUT2D eigenvalue weighted by Gasteiger charge is -2.20. The molecule has 0 spiro atoms. The Hall–Kier alpha value is -3.75. The minimum absolute atomic E-state index is 0.267. The second kappa shape index (κ2) is 7.47. The van der Waals surface area contributed by atoms with Crippen molar-refractivity contribution < 1.29 is 19.6 Å². The number of carbonyl (C=O) groups is 2. The summed E-state index contributed by atoms with van der Waals surface area (Å²) in [6.45, 7) is 1.64. The molecule has 0 radical (unpaired) electrons. The van der Waals surface area contributed by atoms with Crippen LogP contribution in [0.3, 0.4) is 0 Å². The van der Waals surface area contributed by atoms with Gasteiger partial charge in [0.05, 0.1) is 11.1 Å². The van der Waals surface area contributed by atoms with Gasteiger partial charge in [0.2, 0.25) is 0 Å². The fourth-order valence-electron chi connectivity index (χ4n) is 2.87. The van der Waals surface area contributed by atoms with Crippen molar-refractivity contribution in [1.29, 1.82) is 0 Å². The summed E-state index contributed by atoms with van der Waals surface area (Å²) in [5.41, 5.74) is -0.272. The number of urea groups is 1. The number of aryl methyl sites for hydroxylation is 1. The molecule has 2 N–H and O–H groups in total. The van der Waals surface area contributed by atoms with E-state index in [1.807, 2.05) is 30.3 Å². The molecule has 1 aliphatic heterocycles. The summed E-state index contributed by atoms with van der Waals surface area (Å²) in [6.07, 6.45) is 2.16. The highest BCUT2D eigenvalue weighted by Gasteiger charge is 2.47. The van der Waals surface area contributed by atoms with Gasteiger partial charge in [-0.2, -0.15) is 5.10 Å². The van der Waals surface area contributed by atoms with E-state index in [2.05, 4.69) is 10.4 Å². The van der Waals surface area contributed by atoms with Crippen molar-refractivity contribution in [3.8, 4) is 5.75 Å². The summed E-state index contributed by atoms with van der Waals surface area (Å²) in [6, 6.07) is 12.6. The third-order valence-corrected chi connectivity index (χ3v) is 4.51. The molecule has 9 nitrogen and oxygen atoms in total. The molecule has 28 heavy (non-hydrogen) atoms. The van der Waals surface area contributed by atoms with E-state index in [0.29, 0.717) is 17.9 Å². The van der Waals surface area contributed by atoms with Crippen LogP contribution < -0.4 is 5.32 Å². The first kappa shape index (κ1) is 19.0. The van der Waals surface area contributed by atoms with E-state index in [9.17, 15) is 24.8 Å². The van der Waals surface area contributed by atoms with Gasteiger partial charge in [0.15, 0.2) is 5.75 Å². The standard InChI is InChI=1S/C19H18N4O5/c1-19(10-9-13-5-3-2-4-6-13)17(25)22(18(26)21-19)20-12-14-7-8-16(24)15(11-14)23(27)28/h2-8,11-12,24H,9-10H2,1H3,(H,21,26)/b20-12+/t19-/m0/s1. The number of benzene rings is 2. The van der Waals surface area contributed by atoms with Gasteiger partial charge in [0, 0.05) is 11.6 Å². The molecule has 2 aromatic carbocycles. The number of nitro groups is 1. The number of nitro benzene ring substituents is 1. The molecule has 0 aromatic heterocycles. The Morgan fingerprint density at radius 2 is 1.96 bits per heavy atom. The van der Waals surface area contributed by atoms with E-state index >= 15 is 0 Å². The van der Waals surface area contributed by atoms with E-state index in [-0.39, 0.29) is 5.56 Å². The largest absolute Gasteiger partial charge is 0.502 e. The van der Waals surface area contributed by atoms with Gasteiger partial charge in [0.1, 0.15) is 5.54 Å². The van der Waals surface area contributed by atoms with Crippen molar-refractivity contribution in [3.05, 3.63) is 69.8 Å². The average Bonchev–Trinajstić information content (AvgIpc) is 2.89. The number of phenolic OH excluding ortho intramolecular Hbond substituents is 1. The molecule has 9 heteroatoms. The summed E-state index contributed by atoms with van der Waals surface area (Å²) in [7, 11) is 0. The van der Waals surface area contributed by atoms with Crippen molar-refractivity contribution in [2.24, 2.45) is 5.10 Å². The van der Waals surface area contributed by atoms with Gasteiger partial charge in [-0.15, -0.1) is 5.01 Å². The number of carbonyl (C=O) groups excluding carboxylic acids is 2. The highest BCUT2D eigenvalue weighted by Crippen LogP contribution is 2.26. The first-order valence-electron chi connectivity index (χ1n) is 8.52. The summed E-state index contributed by atoms with van der Waals surface area (Å²) in [5.74, 6) is -0.983. The van der Waals surface area contributed by atoms with E-state index in [0.717, 1.165) is 23.9 Å². The van der Waals surface area contributed by atoms with Crippen LogP contribution >= 0.6 is 0 Å². The molecule has 1 heterocycles. The summed E-state index contributed by atoms with van der Waals surface area (Å²) >= 11 is 0. The van der Waals surface area contributed by atoms with Gasteiger partial charge < -0.3 is 10.4 Å². The number of aromatic hydroxyl groups is 1. The quantitative estimate of drug-likeness (QED) is 0.344. The number of hydrogen-bond acceptors (Lipinski definition) is 6. The smallest absolute Gasteiger partial charge is 0.346 e. The van der Waals surface area contributed by atoms with E-state index in [1.165, 1.54) is 6.07 Å². The van der Waals surface area contributed by atoms with Crippen LogP contribution in [0.5, 0.6) is 5.75 Å². The number of hydrogen-bond donors (Lipinski definition) is 2. The third kappa shape index (κ3) is 3.83.